The van der Waals surface area contributed by atoms with Crippen molar-refractivity contribution < 1.29 is 4.39 Å². The number of nitrogens with two attached hydrogens (primary N) is 1. The van der Waals surface area contributed by atoms with Gasteiger partial charge in [0.05, 0.1) is 0 Å². The Hall–Kier alpha value is -0.700. The van der Waals surface area contributed by atoms with Crippen LogP contribution in [0.3, 0.4) is 0 Å². The van der Waals surface area contributed by atoms with Crippen molar-refractivity contribution in [1.29, 1.82) is 0 Å². The minimum atomic E-state index is -0.179. The maximum absolute atomic E-state index is 13.7. The highest BCUT2D eigenvalue weighted by Gasteiger charge is 2.25. The topological polar surface area (TPSA) is 26.0 Å². The lowest BCUT2D eigenvalue weighted by atomic mass is 9.81. The molecule has 1 fully saturated rings. The van der Waals surface area contributed by atoms with Crippen molar-refractivity contribution >= 4 is 17.4 Å². The van der Waals surface area contributed by atoms with E-state index in [9.17, 15) is 4.39 Å². The van der Waals surface area contributed by atoms with Gasteiger partial charge >= 0.3 is 0 Å². The van der Waals surface area contributed by atoms with Crippen molar-refractivity contribution in [3.05, 3.63) is 24.0 Å². The van der Waals surface area contributed by atoms with Crippen LogP contribution < -0.4 is 5.73 Å². The average molecular weight is 253 g/mol. The first-order valence-electron chi connectivity index (χ1n) is 6.28. The smallest absolute Gasteiger partial charge is 0.138 e. The van der Waals surface area contributed by atoms with E-state index in [1.165, 1.54) is 25.3 Å². The molecule has 3 atom stereocenters. The molecule has 0 saturated heterocycles. The molecule has 2 N–H and O–H groups in total. The first-order chi connectivity index (χ1) is 8.06. The number of rotatable bonds is 2. The summed E-state index contributed by atoms with van der Waals surface area (Å²) in [5.41, 5.74) is 6.05. The lowest BCUT2D eigenvalue weighted by Crippen LogP contribution is -2.22. The third kappa shape index (κ3) is 3.15. The number of hydrogen-bond acceptors (Lipinski definition) is 2. The number of halogens is 1. The molecule has 0 heterocycles. The summed E-state index contributed by atoms with van der Waals surface area (Å²) < 4.78 is 13.7. The Morgan fingerprint density at radius 1 is 1.24 bits per heavy atom. The summed E-state index contributed by atoms with van der Waals surface area (Å²) in [5, 5.41) is 0.555. The van der Waals surface area contributed by atoms with Gasteiger partial charge in [-0.05, 0) is 49.3 Å². The molecule has 3 heteroatoms. The second kappa shape index (κ2) is 5.30. The average Bonchev–Trinajstić information content (AvgIpc) is 2.27. The molecule has 94 valence electrons. The van der Waals surface area contributed by atoms with Crippen molar-refractivity contribution in [2.24, 2.45) is 11.8 Å². The lowest BCUT2D eigenvalue weighted by molar-refractivity contribution is 0.283. The summed E-state index contributed by atoms with van der Waals surface area (Å²) in [6.07, 6.45) is 3.64. The van der Waals surface area contributed by atoms with E-state index in [-0.39, 0.29) is 5.82 Å². The van der Waals surface area contributed by atoms with Gasteiger partial charge in [0.1, 0.15) is 5.82 Å². The van der Waals surface area contributed by atoms with Gasteiger partial charge in [0.25, 0.3) is 0 Å². The van der Waals surface area contributed by atoms with Crippen LogP contribution in [0.2, 0.25) is 0 Å². The van der Waals surface area contributed by atoms with E-state index in [0.29, 0.717) is 10.9 Å². The molecule has 0 spiro atoms. The number of thioether (sulfide) groups is 1. The van der Waals surface area contributed by atoms with Crippen LogP contribution in [0.4, 0.5) is 10.1 Å². The Labute approximate surface area is 107 Å². The van der Waals surface area contributed by atoms with Crippen LogP contribution in [0, 0.1) is 17.7 Å². The van der Waals surface area contributed by atoms with Crippen LogP contribution in [0.15, 0.2) is 23.1 Å². The molecular weight excluding hydrogens is 233 g/mol. The van der Waals surface area contributed by atoms with Crippen LogP contribution >= 0.6 is 11.8 Å². The highest BCUT2D eigenvalue weighted by atomic mass is 32.2. The van der Waals surface area contributed by atoms with E-state index in [1.54, 1.807) is 23.9 Å². The molecule has 1 nitrogen and oxygen atoms in total. The van der Waals surface area contributed by atoms with E-state index in [4.69, 9.17) is 5.73 Å². The first kappa shape index (κ1) is 12.7. The normalized spacial score (nSPS) is 29.2. The largest absolute Gasteiger partial charge is 0.399 e. The molecule has 0 amide bonds. The van der Waals surface area contributed by atoms with Gasteiger partial charge in [-0.1, -0.05) is 13.8 Å². The molecule has 17 heavy (non-hydrogen) atoms. The highest BCUT2D eigenvalue weighted by Crippen LogP contribution is 2.39. The molecule has 2 rings (SSSR count). The monoisotopic (exact) mass is 253 g/mol. The minimum absolute atomic E-state index is 0.179. The van der Waals surface area contributed by atoms with Gasteiger partial charge in [-0.15, -0.1) is 11.8 Å². The second-order valence-corrected chi connectivity index (χ2v) is 6.54. The third-order valence-electron chi connectivity index (χ3n) is 3.80. The van der Waals surface area contributed by atoms with Crippen molar-refractivity contribution in [2.45, 2.75) is 43.3 Å². The molecule has 0 radical (unpaired) electrons. The Morgan fingerprint density at radius 3 is 2.65 bits per heavy atom. The summed E-state index contributed by atoms with van der Waals surface area (Å²) in [7, 11) is 0. The molecule has 1 aromatic carbocycles. The van der Waals surface area contributed by atoms with Gasteiger partial charge in [-0.25, -0.2) is 4.39 Å². The first-order valence-corrected chi connectivity index (χ1v) is 7.16. The maximum Gasteiger partial charge on any atom is 0.138 e. The maximum atomic E-state index is 13.7. The van der Waals surface area contributed by atoms with E-state index in [0.717, 1.165) is 16.7 Å². The fourth-order valence-corrected chi connectivity index (χ4v) is 3.73. The van der Waals surface area contributed by atoms with Crippen molar-refractivity contribution in [3.63, 3.8) is 0 Å². The quantitative estimate of drug-likeness (QED) is 0.794. The molecule has 1 aliphatic carbocycles. The summed E-state index contributed by atoms with van der Waals surface area (Å²) in [6, 6.07) is 5.00. The van der Waals surface area contributed by atoms with Crippen LogP contribution in [0.25, 0.3) is 0 Å². The van der Waals surface area contributed by atoms with E-state index < -0.39 is 0 Å². The Kier molecular flexibility index (Phi) is 3.97. The van der Waals surface area contributed by atoms with Gasteiger partial charge in [0.15, 0.2) is 0 Å². The zero-order valence-electron chi connectivity index (χ0n) is 10.4. The SMILES string of the molecule is CC1CCC(Sc2ccc(N)cc2F)CC1C. The van der Waals surface area contributed by atoms with Gasteiger partial charge in [-0.2, -0.15) is 0 Å². The van der Waals surface area contributed by atoms with Crippen LogP contribution in [-0.4, -0.2) is 5.25 Å². The number of anilines is 1. The van der Waals surface area contributed by atoms with Gasteiger partial charge < -0.3 is 5.73 Å². The summed E-state index contributed by atoms with van der Waals surface area (Å²) in [5.74, 6) is 1.38. The zero-order chi connectivity index (χ0) is 12.4. The molecule has 1 aliphatic rings. The van der Waals surface area contributed by atoms with Crippen molar-refractivity contribution in [2.75, 3.05) is 5.73 Å². The van der Waals surface area contributed by atoms with Gasteiger partial charge in [-0.3, -0.25) is 0 Å². The Morgan fingerprint density at radius 2 is 2.00 bits per heavy atom. The fourth-order valence-electron chi connectivity index (χ4n) is 2.40. The van der Waals surface area contributed by atoms with E-state index in [1.807, 2.05) is 0 Å². The summed E-state index contributed by atoms with van der Waals surface area (Å²) in [4.78, 5) is 0.742. The Bertz CT molecular complexity index is 394. The van der Waals surface area contributed by atoms with Crippen molar-refractivity contribution in [1.82, 2.24) is 0 Å². The van der Waals surface area contributed by atoms with Crippen LogP contribution in [0.5, 0.6) is 0 Å². The van der Waals surface area contributed by atoms with Crippen molar-refractivity contribution in [3.8, 4) is 0 Å². The summed E-state index contributed by atoms with van der Waals surface area (Å²) in [6.45, 7) is 4.62. The summed E-state index contributed by atoms with van der Waals surface area (Å²) >= 11 is 1.68. The molecule has 0 aromatic heterocycles. The minimum Gasteiger partial charge on any atom is -0.399 e. The number of hydrogen-bond donors (Lipinski definition) is 1. The molecular formula is C14H20FNS. The van der Waals surface area contributed by atoms with Crippen LogP contribution in [-0.2, 0) is 0 Å². The zero-order valence-corrected chi connectivity index (χ0v) is 11.3. The lowest BCUT2D eigenvalue weighted by Gasteiger charge is -2.31. The number of benzene rings is 1. The van der Waals surface area contributed by atoms with Gasteiger partial charge in [0, 0.05) is 15.8 Å². The highest BCUT2D eigenvalue weighted by molar-refractivity contribution is 8.00. The van der Waals surface area contributed by atoms with Gasteiger partial charge in [0.2, 0.25) is 0 Å². The molecule has 3 unspecified atom stereocenters. The predicted octanol–water partition coefficient (Wildman–Crippen LogP) is 4.32. The van der Waals surface area contributed by atoms with E-state index in [2.05, 4.69) is 13.8 Å². The standard InChI is InChI=1S/C14H20FNS/c1-9-3-5-12(7-10(9)2)17-14-6-4-11(16)8-13(14)15/h4,6,8-10,12H,3,5,7,16H2,1-2H3. The number of nitrogen functional groups attached to an aromatic ring is 1. The molecule has 0 aliphatic heterocycles. The molecule has 0 bridgehead atoms. The van der Waals surface area contributed by atoms with E-state index >= 15 is 0 Å². The third-order valence-corrected chi connectivity index (χ3v) is 5.15. The molecule has 1 aromatic rings. The second-order valence-electron chi connectivity index (χ2n) is 5.20. The van der Waals surface area contributed by atoms with Crippen LogP contribution in [0.1, 0.15) is 33.1 Å². The molecule has 1 saturated carbocycles. The Balaban J connectivity index is 2.01. The fraction of sp³-hybridized carbons (Fsp3) is 0.571. The predicted molar refractivity (Wildman–Crippen MR) is 72.6 cm³/mol.